The van der Waals surface area contributed by atoms with Crippen molar-refractivity contribution in [2.45, 2.75) is 38.6 Å². The van der Waals surface area contributed by atoms with Crippen LogP contribution in [0.25, 0.3) is 0 Å². The Morgan fingerprint density at radius 2 is 2.21 bits per heavy atom. The van der Waals surface area contributed by atoms with Gasteiger partial charge in [0.1, 0.15) is 0 Å². The monoisotopic (exact) mass is 330 g/mol. The van der Waals surface area contributed by atoms with Gasteiger partial charge in [0.2, 0.25) is 5.91 Å². The highest BCUT2D eigenvalue weighted by atomic mass is 16.3. The normalized spacial score (nSPS) is 20.2. The third kappa shape index (κ3) is 3.85. The molecule has 1 aromatic carbocycles. The molecule has 1 fully saturated rings. The van der Waals surface area contributed by atoms with E-state index >= 15 is 0 Å². The summed E-state index contributed by atoms with van der Waals surface area (Å²) in [7, 11) is 0. The number of carbonyl (C=O) groups excluding carboxylic acids is 2. The average molecular weight is 330 g/mol. The minimum atomic E-state index is -0.481. The summed E-state index contributed by atoms with van der Waals surface area (Å²) >= 11 is 0. The fraction of sp³-hybridized carbons (Fsp3) is 0.474. The van der Waals surface area contributed by atoms with E-state index in [4.69, 9.17) is 0 Å². The molecular weight excluding hydrogens is 304 g/mol. The zero-order chi connectivity index (χ0) is 17.7. The Labute approximate surface area is 143 Å². The van der Waals surface area contributed by atoms with Crippen molar-refractivity contribution in [3.8, 4) is 0 Å². The second kappa shape index (κ2) is 7.62. The highest BCUT2D eigenvalue weighted by molar-refractivity contribution is 6.01. The van der Waals surface area contributed by atoms with Crippen LogP contribution in [0.3, 0.4) is 0 Å². The zero-order valence-electron chi connectivity index (χ0n) is 14.4. The standard InChI is InChI=1S/C19H26N2O3/c1-4-17(23)20-16-8-5-7-15(11-16)18(24)21-10-6-9-19(21,13-22)12-14(2)3/h4-5,7-8,11,14,22H,1,6,9-10,12-13H2,2-3H3,(H,20,23). The number of aliphatic hydroxyl groups excluding tert-OH is 1. The van der Waals surface area contributed by atoms with Gasteiger partial charge in [0, 0.05) is 17.8 Å². The Balaban J connectivity index is 2.25. The van der Waals surface area contributed by atoms with Crippen molar-refractivity contribution in [2.24, 2.45) is 5.92 Å². The van der Waals surface area contributed by atoms with Crippen LogP contribution >= 0.6 is 0 Å². The van der Waals surface area contributed by atoms with Crippen molar-refractivity contribution >= 4 is 17.5 Å². The lowest BCUT2D eigenvalue weighted by atomic mass is 9.86. The maximum absolute atomic E-state index is 13.0. The van der Waals surface area contributed by atoms with Crippen LogP contribution in [0.4, 0.5) is 5.69 Å². The molecule has 5 nitrogen and oxygen atoms in total. The van der Waals surface area contributed by atoms with E-state index in [1.165, 1.54) is 6.08 Å². The number of rotatable bonds is 6. The first-order chi connectivity index (χ1) is 11.4. The van der Waals surface area contributed by atoms with Crippen LogP contribution in [0.1, 0.15) is 43.5 Å². The van der Waals surface area contributed by atoms with Gasteiger partial charge >= 0.3 is 0 Å². The number of benzene rings is 1. The molecular formula is C19H26N2O3. The van der Waals surface area contributed by atoms with E-state index in [-0.39, 0.29) is 18.4 Å². The second-order valence-electron chi connectivity index (χ2n) is 6.81. The fourth-order valence-electron chi connectivity index (χ4n) is 3.54. The number of nitrogens with zero attached hydrogens (tertiary/aromatic N) is 1. The first-order valence-corrected chi connectivity index (χ1v) is 8.38. The molecule has 1 heterocycles. The smallest absolute Gasteiger partial charge is 0.254 e. The van der Waals surface area contributed by atoms with Crippen molar-refractivity contribution in [2.75, 3.05) is 18.5 Å². The Morgan fingerprint density at radius 1 is 1.46 bits per heavy atom. The predicted octanol–water partition coefficient (Wildman–Crippen LogP) is 2.82. The summed E-state index contributed by atoms with van der Waals surface area (Å²) in [6.45, 7) is 8.25. The number of hydrogen-bond acceptors (Lipinski definition) is 3. The van der Waals surface area contributed by atoms with Gasteiger partial charge in [0.15, 0.2) is 0 Å². The van der Waals surface area contributed by atoms with Gasteiger partial charge in [-0.2, -0.15) is 0 Å². The first kappa shape index (κ1) is 18.2. The summed E-state index contributed by atoms with van der Waals surface area (Å²) < 4.78 is 0. The highest BCUT2D eigenvalue weighted by Gasteiger charge is 2.43. The summed E-state index contributed by atoms with van der Waals surface area (Å²) in [4.78, 5) is 26.2. The van der Waals surface area contributed by atoms with E-state index in [1.807, 2.05) is 0 Å². The van der Waals surface area contributed by atoms with Crippen LogP contribution in [0.5, 0.6) is 0 Å². The molecule has 5 heteroatoms. The number of aliphatic hydroxyl groups is 1. The Bertz CT molecular complexity index is 627. The van der Waals surface area contributed by atoms with E-state index in [9.17, 15) is 14.7 Å². The van der Waals surface area contributed by atoms with Gasteiger partial charge in [-0.3, -0.25) is 9.59 Å². The van der Waals surface area contributed by atoms with E-state index in [2.05, 4.69) is 25.7 Å². The average Bonchev–Trinajstić information content (AvgIpc) is 2.97. The van der Waals surface area contributed by atoms with Crippen molar-refractivity contribution in [3.05, 3.63) is 42.5 Å². The molecule has 1 unspecified atom stereocenters. The van der Waals surface area contributed by atoms with Gasteiger partial charge in [-0.1, -0.05) is 26.5 Å². The Hall–Kier alpha value is -2.14. The number of carbonyl (C=O) groups is 2. The zero-order valence-corrected chi connectivity index (χ0v) is 14.4. The van der Waals surface area contributed by atoms with Crippen LogP contribution in [-0.2, 0) is 4.79 Å². The lowest BCUT2D eigenvalue weighted by Crippen LogP contribution is -2.50. The summed E-state index contributed by atoms with van der Waals surface area (Å²) in [6, 6.07) is 6.88. The summed E-state index contributed by atoms with van der Waals surface area (Å²) in [5.74, 6) is -0.0223. The largest absolute Gasteiger partial charge is 0.394 e. The molecule has 0 radical (unpaired) electrons. The third-order valence-electron chi connectivity index (χ3n) is 4.49. The number of likely N-dealkylation sites (tertiary alicyclic amines) is 1. The number of amides is 2. The molecule has 1 aliphatic heterocycles. The van der Waals surface area contributed by atoms with Crippen LogP contribution < -0.4 is 5.32 Å². The molecule has 1 saturated heterocycles. The maximum atomic E-state index is 13.0. The molecule has 0 bridgehead atoms. The van der Waals surface area contributed by atoms with Gasteiger partial charge in [0.05, 0.1) is 12.1 Å². The molecule has 130 valence electrons. The molecule has 2 N–H and O–H groups in total. The molecule has 0 aromatic heterocycles. The molecule has 1 aliphatic rings. The van der Waals surface area contributed by atoms with E-state index in [0.29, 0.717) is 23.7 Å². The lowest BCUT2D eigenvalue weighted by Gasteiger charge is -2.38. The van der Waals surface area contributed by atoms with Crippen molar-refractivity contribution in [1.82, 2.24) is 4.90 Å². The molecule has 1 aromatic rings. The molecule has 1 atom stereocenters. The topological polar surface area (TPSA) is 69.6 Å². The van der Waals surface area contributed by atoms with Gasteiger partial charge < -0.3 is 15.3 Å². The van der Waals surface area contributed by atoms with Crippen LogP contribution in [0, 0.1) is 5.92 Å². The third-order valence-corrected chi connectivity index (χ3v) is 4.49. The number of nitrogens with one attached hydrogen (secondary N) is 1. The van der Waals surface area contributed by atoms with E-state index < -0.39 is 5.54 Å². The van der Waals surface area contributed by atoms with Crippen molar-refractivity contribution in [1.29, 1.82) is 0 Å². The van der Waals surface area contributed by atoms with Gasteiger partial charge in [0.25, 0.3) is 5.91 Å². The lowest BCUT2D eigenvalue weighted by molar-refractivity contribution is -0.111. The predicted molar refractivity (Wildman–Crippen MR) is 94.8 cm³/mol. The number of anilines is 1. The fourth-order valence-corrected chi connectivity index (χ4v) is 3.54. The Kier molecular flexibility index (Phi) is 5.78. The summed E-state index contributed by atoms with van der Waals surface area (Å²) in [6.07, 6.45) is 3.68. The van der Waals surface area contributed by atoms with Gasteiger partial charge in [-0.25, -0.2) is 0 Å². The van der Waals surface area contributed by atoms with Gasteiger partial charge in [-0.15, -0.1) is 0 Å². The van der Waals surface area contributed by atoms with Crippen LogP contribution in [-0.4, -0.2) is 40.5 Å². The quantitative estimate of drug-likeness (QED) is 0.788. The highest BCUT2D eigenvalue weighted by Crippen LogP contribution is 2.36. The molecule has 0 saturated carbocycles. The van der Waals surface area contributed by atoms with Crippen molar-refractivity contribution in [3.63, 3.8) is 0 Å². The van der Waals surface area contributed by atoms with Crippen LogP contribution in [0.2, 0.25) is 0 Å². The minimum absolute atomic E-state index is 0.0240. The molecule has 0 aliphatic carbocycles. The summed E-state index contributed by atoms with van der Waals surface area (Å²) in [5.41, 5.74) is 0.592. The number of hydrogen-bond donors (Lipinski definition) is 2. The van der Waals surface area contributed by atoms with Crippen LogP contribution in [0.15, 0.2) is 36.9 Å². The maximum Gasteiger partial charge on any atom is 0.254 e. The first-order valence-electron chi connectivity index (χ1n) is 8.38. The molecule has 2 rings (SSSR count). The minimum Gasteiger partial charge on any atom is -0.394 e. The summed E-state index contributed by atoms with van der Waals surface area (Å²) in [5, 5.41) is 12.6. The van der Waals surface area contributed by atoms with E-state index in [0.717, 1.165) is 19.3 Å². The molecule has 0 spiro atoms. The van der Waals surface area contributed by atoms with E-state index in [1.54, 1.807) is 29.2 Å². The van der Waals surface area contributed by atoms with Gasteiger partial charge in [-0.05, 0) is 49.5 Å². The Morgan fingerprint density at radius 3 is 2.83 bits per heavy atom. The van der Waals surface area contributed by atoms with Crippen molar-refractivity contribution < 1.29 is 14.7 Å². The molecule has 24 heavy (non-hydrogen) atoms. The SMILES string of the molecule is C=CC(=O)Nc1cccc(C(=O)N2CCCC2(CO)CC(C)C)c1. The molecule has 2 amide bonds. The second-order valence-corrected chi connectivity index (χ2v) is 6.81.